The van der Waals surface area contributed by atoms with Crippen LogP contribution in [0.2, 0.25) is 0 Å². The Morgan fingerprint density at radius 2 is 1.85 bits per heavy atom. The van der Waals surface area contributed by atoms with Gasteiger partial charge in [-0.15, -0.1) is 0 Å². The summed E-state index contributed by atoms with van der Waals surface area (Å²) in [6, 6.07) is 6.60. The van der Waals surface area contributed by atoms with Crippen molar-refractivity contribution >= 4 is 17.7 Å². The maximum absolute atomic E-state index is 11.9. The Hall–Kier alpha value is -2.17. The number of ether oxygens (including phenoxy) is 1. The molecule has 1 amide bonds. The van der Waals surface area contributed by atoms with Gasteiger partial charge in [0.15, 0.2) is 5.78 Å². The van der Waals surface area contributed by atoms with E-state index in [1.807, 2.05) is 0 Å². The molecule has 1 N–H and O–H groups in total. The molecule has 5 heteroatoms. The first kappa shape index (κ1) is 15.9. The van der Waals surface area contributed by atoms with Crippen LogP contribution in [0.25, 0.3) is 0 Å². The predicted molar refractivity (Wildman–Crippen MR) is 74.6 cm³/mol. The number of carbonyl (C=O) groups is 3. The number of hydrogen-bond acceptors (Lipinski definition) is 4. The molecule has 1 rings (SSSR count). The van der Waals surface area contributed by atoms with Crippen molar-refractivity contribution in [1.29, 1.82) is 0 Å². The van der Waals surface area contributed by atoms with E-state index in [9.17, 15) is 14.4 Å². The number of Topliss-reactive ketones (excluding diaryl/α,β-unsaturated/α-hetero) is 1. The second-order valence-electron chi connectivity index (χ2n) is 4.43. The molecule has 5 nitrogen and oxygen atoms in total. The van der Waals surface area contributed by atoms with Gasteiger partial charge in [-0.25, -0.2) is 0 Å². The lowest BCUT2D eigenvalue weighted by Crippen LogP contribution is -2.24. The summed E-state index contributed by atoms with van der Waals surface area (Å²) in [5, 5.41) is 2.75. The first-order chi connectivity index (χ1) is 9.54. The number of nitrogens with one attached hydrogen (secondary N) is 1. The Kier molecular flexibility index (Phi) is 6.43. The van der Waals surface area contributed by atoms with Crippen LogP contribution in [0.3, 0.4) is 0 Å². The second kappa shape index (κ2) is 8.09. The van der Waals surface area contributed by atoms with Gasteiger partial charge >= 0.3 is 5.97 Å². The Morgan fingerprint density at radius 1 is 1.15 bits per heavy atom. The van der Waals surface area contributed by atoms with Crippen molar-refractivity contribution in [3.8, 4) is 0 Å². The smallest absolute Gasteiger partial charge is 0.305 e. The zero-order valence-corrected chi connectivity index (χ0v) is 11.8. The zero-order chi connectivity index (χ0) is 15.0. The first-order valence-electron chi connectivity index (χ1n) is 6.50. The number of rotatable bonds is 7. The van der Waals surface area contributed by atoms with Crippen molar-refractivity contribution in [2.45, 2.75) is 26.2 Å². The number of hydrogen-bond donors (Lipinski definition) is 1. The highest BCUT2D eigenvalue weighted by Gasteiger charge is 2.07. The summed E-state index contributed by atoms with van der Waals surface area (Å²) < 4.78 is 4.52. The minimum absolute atomic E-state index is 0.0715. The van der Waals surface area contributed by atoms with Crippen molar-refractivity contribution in [3.05, 3.63) is 35.4 Å². The summed E-state index contributed by atoms with van der Waals surface area (Å²) in [5.41, 5.74) is 0.981. The monoisotopic (exact) mass is 277 g/mol. The molecule has 0 saturated heterocycles. The number of ketones is 1. The topological polar surface area (TPSA) is 72.5 Å². The van der Waals surface area contributed by atoms with E-state index in [0.29, 0.717) is 36.9 Å². The van der Waals surface area contributed by atoms with Gasteiger partial charge in [0.05, 0.1) is 7.11 Å². The molecule has 0 radical (unpaired) electrons. The summed E-state index contributed by atoms with van der Waals surface area (Å²) in [4.78, 5) is 34.0. The molecule has 1 aromatic carbocycles. The number of unbranched alkanes of at least 4 members (excludes halogenated alkanes) is 1. The summed E-state index contributed by atoms with van der Waals surface area (Å²) in [5.74, 6) is -0.533. The number of amides is 1. The van der Waals surface area contributed by atoms with Crippen LogP contribution < -0.4 is 5.32 Å². The highest BCUT2D eigenvalue weighted by atomic mass is 16.5. The molecule has 0 aliphatic rings. The second-order valence-corrected chi connectivity index (χ2v) is 4.43. The summed E-state index contributed by atoms with van der Waals surface area (Å²) in [7, 11) is 1.35. The van der Waals surface area contributed by atoms with E-state index in [2.05, 4.69) is 10.1 Å². The van der Waals surface area contributed by atoms with Gasteiger partial charge in [0.25, 0.3) is 5.91 Å². The molecule has 0 unspecified atom stereocenters. The van der Waals surface area contributed by atoms with Gasteiger partial charge in [-0.1, -0.05) is 12.1 Å². The molecule has 0 saturated carbocycles. The standard InChI is InChI=1S/C15H19NO4/c1-11(17)12-6-5-7-13(10-12)15(19)16-9-4-3-8-14(18)20-2/h5-7,10H,3-4,8-9H2,1-2H3,(H,16,19). The van der Waals surface area contributed by atoms with E-state index in [1.165, 1.54) is 14.0 Å². The molecule has 0 aliphatic heterocycles. The molecule has 0 atom stereocenters. The molecule has 108 valence electrons. The predicted octanol–water partition coefficient (Wildman–Crippen LogP) is 1.96. The molecule has 0 aromatic heterocycles. The number of benzene rings is 1. The normalized spacial score (nSPS) is 9.90. The van der Waals surface area contributed by atoms with Gasteiger partial charge in [-0.3, -0.25) is 14.4 Å². The molecular formula is C15H19NO4. The van der Waals surface area contributed by atoms with Gasteiger partial charge in [0.2, 0.25) is 0 Å². The average molecular weight is 277 g/mol. The summed E-state index contributed by atoms with van der Waals surface area (Å²) in [6.07, 6.45) is 1.72. The molecular weight excluding hydrogens is 258 g/mol. The first-order valence-corrected chi connectivity index (χ1v) is 6.50. The molecule has 0 fully saturated rings. The maximum atomic E-state index is 11.9. The fourth-order valence-electron chi connectivity index (χ4n) is 1.68. The largest absolute Gasteiger partial charge is 0.469 e. The van der Waals surface area contributed by atoms with Crippen LogP contribution in [0.5, 0.6) is 0 Å². The third-order valence-electron chi connectivity index (χ3n) is 2.85. The molecule has 0 spiro atoms. The number of methoxy groups -OCH3 is 1. The number of carbonyl (C=O) groups excluding carboxylic acids is 3. The van der Waals surface area contributed by atoms with Crippen molar-refractivity contribution in [3.63, 3.8) is 0 Å². The Labute approximate surface area is 118 Å². The third-order valence-corrected chi connectivity index (χ3v) is 2.85. The molecule has 1 aromatic rings. The highest BCUT2D eigenvalue weighted by molar-refractivity contribution is 5.99. The third kappa shape index (κ3) is 5.22. The average Bonchev–Trinajstić information content (AvgIpc) is 2.46. The summed E-state index contributed by atoms with van der Waals surface area (Å²) >= 11 is 0. The summed E-state index contributed by atoms with van der Waals surface area (Å²) in [6.45, 7) is 1.95. The lowest BCUT2D eigenvalue weighted by atomic mass is 10.1. The van der Waals surface area contributed by atoms with Crippen LogP contribution in [-0.2, 0) is 9.53 Å². The SMILES string of the molecule is COC(=O)CCCCNC(=O)c1cccc(C(C)=O)c1. The molecule has 0 bridgehead atoms. The van der Waals surface area contributed by atoms with Crippen LogP contribution in [0.1, 0.15) is 46.9 Å². The Bertz CT molecular complexity index is 496. The van der Waals surface area contributed by atoms with Gasteiger partial charge in [0.1, 0.15) is 0 Å². The number of esters is 1. The Balaban J connectivity index is 2.38. The van der Waals surface area contributed by atoms with E-state index in [0.717, 1.165) is 0 Å². The fraction of sp³-hybridized carbons (Fsp3) is 0.400. The van der Waals surface area contributed by atoms with Gasteiger partial charge in [-0.2, -0.15) is 0 Å². The van der Waals surface area contributed by atoms with Crippen LogP contribution in [0.4, 0.5) is 0 Å². The van der Waals surface area contributed by atoms with Crippen molar-refractivity contribution in [2.75, 3.05) is 13.7 Å². The van der Waals surface area contributed by atoms with Gasteiger partial charge in [0, 0.05) is 24.1 Å². The van der Waals surface area contributed by atoms with Crippen LogP contribution >= 0.6 is 0 Å². The minimum Gasteiger partial charge on any atom is -0.469 e. The minimum atomic E-state index is -0.245. The van der Waals surface area contributed by atoms with Crippen LogP contribution in [0, 0.1) is 0 Å². The van der Waals surface area contributed by atoms with E-state index >= 15 is 0 Å². The molecule has 0 aliphatic carbocycles. The van der Waals surface area contributed by atoms with Crippen molar-refractivity contribution < 1.29 is 19.1 Å². The van der Waals surface area contributed by atoms with Gasteiger partial charge < -0.3 is 10.1 Å². The maximum Gasteiger partial charge on any atom is 0.305 e. The molecule has 20 heavy (non-hydrogen) atoms. The van der Waals surface area contributed by atoms with E-state index in [4.69, 9.17) is 0 Å². The lowest BCUT2D eigenvalue weighted by molar-refractivity contribution is -0.140. The van der Waals surface area contributed by atoms with Crippen LogP contribution in [-0.4, -0.2) is 31.3 Å². The van der Waals surface area contributed by atoms with Crippen molar-refractivity contribution in [1.82, 2.24) is 5.32 Å². The highest BCUT2D eigenvalue weighted by Crippen LogP contribution is 2.06. The Morgan fingerprint density at radius 3 is 2.50 bits per heavy atom. The van der Waals surface area contributed by atoms with Crippen molar-refractivity contribution in [2.24, 2.45) is 0 Å². The van der Waals surface area contributed by atoms with Gasteiger partial charge in [-0.05, 0) is 31.9 Å². The van der Waals surface area contributed by atoms with E-state index in [-0.39, 0.29) is 17.7 Å². The lowest BCUT2D eigenvalue weighted by Gasteiger charge is -2.06. The van der Waals surface area contributed by atoms with Crippen LogP contribution in [0.15, 0.2) is 24.3 Å². The van der Waals surface area contributed by atoms with E-state index < -0.39 is 0 Å². The molecule has 0 heterocycles. The van der Waals surface area contributed by atoms with E-state index in [1.54, 1.807) is 24.3 Å². The quantitative estimate of drug-likeness (QED) is 0.470. The zero-order valence-electron chi connectivity index (χ0n) is 11.8. The fourth-order valence-corrected chi connectivity index (χ4v) is 1.68.